The summed E-state index contributed by atoms with van der Waals surface area (Å²) in [6.07, 6.45) is 1.64. The van der Waals surface area contributed by atoms with Crippen LogP contribution in [0.3, 0.4) is 0 Å². The zero-order valence-electron chi connectivity index (χ0n) is 9.77. The van der Waals surface area contributed by atoms with Crippen molar-refractivity contribution >= 4 is 29.2 Å². The Hall–Kier alpha value is -1.86. The molecule has 0 bridgehead atoms. The standard InChI is InChI=1S/C11H11ClN4O3/c12-5-1-2-14-9-7(5)19-11(10(18)16-9)3-6(8(13)17)15-4-11/h1-2,6,15H,3-4H2,(H2,13,17)(H,14,16,18)/t6-,11+/m0/s1. The first-order valence-electron chi connectivity index (χ1n) is 5.69. The van der Waals surface area contributed by atoms with E-state index < -0.39 is 17.6 Å². The van der Waals surface area contributed by atoms with Crippen molar-refractivity contribution in [1.82, 2.24) is 10.3 Å². The summed E-state index contributed by atoms with van der Waals surface area (Å²) in [6.45, 7) is 0.192. The van der Waals surface area contributed by atoms with Crippen molar-refractivity contribution in [2.45, 2.75) is 18.1 Å². The van der Waals surface area contributed by atoms with Crippen LogP contribution in [0.25, 0.3) is 0 Å². The maximum absolute atomic E-state index is 12.1. The number of carbonyl (C=O) groups excluding carboxylic acids is 2. The molecule has 2 aliphatic heterocycles. The molecule has 0 unspecified atom stereocenters. The number of halogens is 1. The molecular weight excluding hydrogens is 272 g/mol. The van der Waals surface area contributed by atoms with Gasteiger partial charge in [-0.05, 0) is 6.07 Å². The van der Waals surface area contributed by atoms with Gasteiger partial charge in [-0.25, -0.2) is 4.98 Å². The molecule has 1 fully saturated rings. The Labute approximate surface area is 113 Å². The second-order valence-corrected chi connectivity index (χ2v) is 4.97. The lowest BCUT2D eigenvalue weighted by atomic mass is 9.97. The predicted octanol–water partition coefficient (Wildman–Crippen LogP) is -0.348. The molecule has 1 aromatic rings. The van der Waals surface area contributed by atoms with Crippen molar-refractivity contribution in [3.8, 4) is 5.75 Å². The molecule has 2 aliphatic rings. The molecule has 7 nitrogen and oxygen atoms in total. The van der Waals surface area contributed by atoms with E-state index in [0.717, 1.165) is 0 Å². The quantitative estimate of drug-likeness (QED) is 0.653. The molecule has 0 aromatic carbocycles. The lowest BCUT2D eigenvalue weighted by molar-refractivity contribution is -0.131. The number of aromatic nitrogens is 1. The fraction of sp³-hybridized carbons (Fsp3) is 0.364. The topological polar surface area (TPSA) is 106 Å². The molecule has 3 heterocycles. The fourth-order valence-electron chi connectivity index (χ4n) is 2.29. The van der Waals surface area contributed by atoms with E-state index in [4.69, 9.17) is 22.1 Å². The molecule has 3 rings (SSSR count). The fourth-order valence-corrected chi connectivity index (χ4v) is 2.47. The number of fused-ring (bicyclic) bond motifs is 1. The van der Waals surface area contributed by atoms with Crippen LogP contribution in [0.2, 0.25) is 5.02 Å². The summed E-state index contributed by atoms with van der Waals surface area (Å²) in [6, 6.07) is 0.974. The van der Waals surface area contributed by atoms with E-state index in [2.05, 4.69) is 15.6 Å². The van der Waals surface area contributed by atoms with Crippen LogP contribution in [-0.2, 0) is 9.59 Å². The van der Waals surface area contributed by atoms with E-state index in [0.29, 0.717) is 10.8 Å². The Morgan fingerprint density at radius 2 is 2.42 bits per heavy atom. The number of nitrogens with two attached hydrogens (primary N) is 1. The van der Waals surface area contributed by atoms with Crippen molar-refractivity contribution in [3.63, 3.8) is 0 Å². The number of carbonyl (C=O) groups is 2. The summed E-state index contributed by atoms with van der Waals surface area (Å²) in [7, 11) is 0. The molecule has 1 aromatic heterocycles. The second-order valence-electron chi connectivity index (χ2n) is 4.56. The molecule has 1 spiro atoms. The molecule has 19 heavy (non-hydrogen) atoms. The average Bonchev–Trinajstić information content (AvgIpc) is 2.78. The first kappa shape index (κ1) is 12.2. The molecule has 2 amide bonds. The molecule has 1 saturated heterocycles. The maximum atomic E-state index is 12.1. The highest BCUT2D eigenvalue weighted by Gasteiger charge is 2.52. The minimum Gasteiger partial charge on any atom is -0.471 e. The average molecular weight is 283 g/mol. The van der Waals surface area contributed by atoms with Gasteiger partial charge >= 0.3 is 0 Å². The lowest BCUT2D eigenvalue weighted by Crippen LogP contribution is -2.52. The number of pyridine rings is 1. The third kappa shape index (κ3) is 1.82. The Balaban J connectivity index is 1.96. The summed E-state index contributed by atoms with van der Waals surface area (Å²) in [5, 5.41) is 5.87. The molecule has 0 radical (unpaired) electrons. The predicted molar refractivity (Wildman–Crippen MR) is 66.8 cm³/mol. The SMILES string of the molecule is NC(=O)[C@@H]1C[C@]2(CN1)Oc1c(Cl)ccnc1NC2=O. The smallest absolute Gasteiger partial charge is 0.271 e. The van der Waals surface area contributed by atoms with Gasteiger partial charge in [0.05, 0.1) is 11.1 Å². The lowest BCUT2D eigenvalue weighted by Gasteiger charge is -2.33. The van der Waals surface area contributed by atoms with Crippen LogP contribution in [-0.4, -0.2) is 35.0 Å². The van der Waals surface area contributed by atoms with Crippen LogP contribution in [0.4, 0.5) is 5.82 Å². The summed E-state index contributed by atoms with van der Waals surface area (Å²) >= 11 is 6.02. The molecule has 0 saturated carbocycles. The number of amides is 2. The molecule has 4 N–H and O–H groups in total. The van der Waals surface area contributed by atoms with Gasteiger partial charge in [-0.2, -0.15) is 0 Å². The van der Waals surface area contributed by atoms with Crippen molar-refractivity contribution in [1.29, 1.82) is 0 Å². The van der Waals surface area contributed by atoms with E-state index in [1.807, 2.05) is 0 Å². The van der Waals surface area contributed by atoms with E-state index >= 15 is 0 Å². The molecule has 8 heteroatoms. The number of primary amides is 1. The van der Waals surface area contributed by atoms with Crippen molar-refractivity contribution in [2.24, 2.45) is 5.73 Å². The summed E-state index contributed by atoms with van der Waals surface area (Å²) < 4.78 is 5.73. The van der Waals surface area contributed by atoms with Crippen molar-refractivity contribution in [2.75, 3.05) is 11.9 Å². The molecule has 2 atom stereocenters. The van der Waals surface area contributed by atoms with Crippen LogP contribution < -0.4 is 21.1 Å². The highest BCUT2D eigenvalue weighted by molar-refractivity contribution is 6.32. The van der Waals surface area contributed by atoms with E-state index in [1.165, 1.54) is 6.20 Å². The zero-order valence-corrected chi connectivity index (χ0v) is 10.5. The van der Waals surface area contributed by atoms with Crippen molar-refractivity contribution in [3.05, 3.63) is 17.3 Å². The highest BCUT2D eigenvalue weighted by Crippen LogP contribution is 2.40. The molecule has 0 aliphatic carbocycles. The third-order valence-corrected chi connectivity index (χ3v) is 3.61. The zero-order chi connectivity index (χ0) is 13.6. The Kier molecular flexibility index (Phi) is 2.61. The van der Waals surface area contributed by atoms with Crippen LogP contribution >= 0.6 is 11.6 Å². The highest BCUT2D eigenvalue weighted by atomic mass is 35.5. The van der Waals surface area contributed by atoms with Crippen LogP contribution in [0, 0.1) is 0 Å². The number of hydrogen-bond donors (Lipinski definition) is 3. The van der Waals surface area contributed by atoms with Gasteiger partial charge in [-0.1, -0.05) is 11.6 Å². The van der Waals surface area contributed by atoms with Gasteiger partial charge in [0, 0.05) is 19.2 Å². The first-order chi connectivity index (χ1) is 9.02. The Morgan fingerprint density at radius 1 is 1.63 bits per heavy atom. The number of ether oxygens (including phenoxy) is 1. The van der Waals surface area contributed by atoms with E-state index in [1.54, 1.807) is 6.07 Å². The minimum absolute atomic E-state index is 0.166. The summed E-state index contributed by atoms with van der Waals surface area (Å²) in [5.74, 6) is -0.274. The van der Waals surface area contributed by atoms with Crippen molar-refractivity contribution < 1.29 is 14.3 Å². The molecule has 100 valence electrons. The van der Waals surface area contributed by atoms with Gasteiger partial charge in [0.1, 0.15) is 0 Å². The summed E-state index contributed by atoms with van der Waals surface area (Å²) in [5.41, 5.74) is 4.06. The number of nitrogens with zero attached hydrogens (tertiary/aromatic N) is 1. The van der Waals surface area contributed by atoms with Crippen LogP contribution in [0.1, 0.15) is 6.42 Å². The van der Waals surface area contributed by atoms with Crippen LogP contribution in [0.15, 0.2) is 12.3 Å². The number of rotatable bonds is 1. The van der Waals surface area contributed by atoms with Gasteiger partial charge < -0.3 is 21.1 Å². The maximum Gasteiger partial charge on any atom is 0.271 e. The monoisotopic (exact) mass is 282 g/mol. The minimum atomic E-state index is -1.17. The van der Waals surface area contributed by atoms with E-state index in [-0.39, 0.29) is 24.7 Å². The Bertz CT molecular complexity index is 579. The Morgan fingerprint density at radius 3 is 3.11 bits per heavy atom. The third-order valence-electron chi connectivity index (χ3n) is 3.31. The van der Waals surface area contributed by atoms with Gasteiger partial charge in [-0.15, -0.1) is 0 Å². The van der Waals surface area contributed by atoms with Gasteiger partial charge in [0.2, 0.25) is 11.5 Å². The second kappa shape index (κ2) is 4.07. The number of nitrogens with one attached hydrogen (secondary N) is 2. The van der Waals surface area contributed by atoms with E-state index in [9.17, 15) is 9.59 Å². The largest absolute Gasteiger partial charge is 0.471 e. The van der Waals surface area contributed by atoms with Crippen LogP contribution in [0.5, 0.6) is 5.75 Å². The first-order valence-corrected chi connectivity index (χ1v) is 6.07. The number of hydrogen-bond acceptors (Lipinski definition) is 5. The summed E-state index contributed by atoms with van der Waals surface area (Å²) in [4.78, 5) is 27.3. The molecular formula is C11H11ClN4O3. The van der Waals surface area contributed by atoms with Gasteiger partial charge in [-0.3, -0.25) is 9.59 Å². The van der Waals surface area contributed by atoms with Gasteiger partial charge in [0.25, 0.3) is 5.91 Å². The number of anilines is 1. The normalized spacial score (nSPS) is 28.7. The van der Waals surface area contributed by atoms with Gasteiger partial charge in [0.15, 0.2) is 11.6 Å².